The van der Waals surface area contributed by atoms with Crippen LogP contribution in [0, 0.1) is 11.7 Å². The number of carbonyl (C=O) groups is 3. The number of hydrogen-bond donors (Lipinski definition) is 5. The number of nitrogens with zero attached hydrogens (tertiary/aromatic N) is 3. The van der Waals surface area contributed by atoms with Gasteiger partial charge in [0.15, 0.2) is 6.61 Å². The number of rotatable bonds is 12. The molecule has 6 rings (SSSR count). The molecular formula is C35H33ClF4N8O4. The zero-order valence-corrected chi connectivity index (χ0v) is 28.2. The quantitative estimate of drug-likeness (QED) is 0.0855. The number of ether oxygens (including phenoxy) is 1. The van der Waals surface area contributed by atoms with Gasteiger partial charge in [-0.15, -0.1) is 0 Å². The molecule has 0 spiro atoms. The fourth-order valence-corrected chi connectivity index (χ4v) is 5.99. The third-order valence-electron chi connectivity index (χ3n) is 8.69. The molecule has 2 saturated carbocycles. The highest BCUT2D eigenvalue weighted by Gasteiger charge is 2.45. The van der Waals surface area contributed by atoms with E-state index in [1.54, 1.807) is 36.4 Å². The van der Waals surface area contributed by atoms with Crippen LogP contribution in [-0.4, -0.2) is 58.0 Å². The zero-order valence-electron chi connectivity index (χ0n) is 27.4. The molecule has 2 atom stereocenters. The van der Waals surface area contributed by atoms with Gasteiger partial charge in [-0.25, -0.2) is 4.39 Å². The van der Waals surface area contributed by atoms with E-state index in [2.05, 4.69) is 41.5 Å². The van der Waals surface area contributed by atoms with Gasteiger partial charge in [-0.3, -0.25) is 14.4 Å². The van der Waals surface area contributed by atoms with Gasteiger partial charge in [0.25, 0.3) is 5.91 Å². The number of anilines is 4. The minimum absolute atomic E-state index is 0.00744. The van der Waals surface area contributed by atoms with Crippen LogP contribution in [0.4, 0.5) is 40.8 Å². The molecule has 2 fully saturated rings. The maximum atomic E-state index is 13.1. The van der Waals surface area contributed by atoms with Gasteiger partial charge >= 0.3 is 24.0 Å². The first-order chi connectivity index (χ1) is 24.8. The first kappa shape index (κ1) is 36.3. The Morgan fingerprint density at radius 3 is 2.19 bits per heavy atom. The van der Waals surface area contributed by atoms with Crippen LogP contribution < -0.4 is 31.3 Å². The van der Waals surface area contributed by atoms with Crippen molar-refractivity contribution in [3.63, 3.8) is 0 Å². The molecule has 3 aromatic carbocycles. The van der Waals surface area contributed by atoms with Crippen molar-refractivity contribution in [2.24, 2.45) is 5.92 Å². The van der Waals surface area contributed by atoms with Crippen molar-refractivity contribution < 1.29 is 36.7 Å². The molecule has 4 aromatic rings. The van der Waals surface area contributed by atoms with E-state index < -0.39 is 42.0 Å². The molecule has 0 saturated heterocycles. The largest absolute Gasteiger partial charge is 0.454 e. The maximum absolute atomic E-state index is 13.1. The average molecular weight is 741 g/mol. The van der Waals surface area contributed by atoms with Crippen LogP contribution in [0.15, 0.2) is 72.8 Å². The number of benzene rings is 3. The lowest BCUT2D eigenvalue weighted by Crippen LogP contribution is -2.46. The minimum Gasteiger partial charge on any atom is -0.454 e. The lowest BCUT2D eigenvalue weighted by molar-refractivity contribution is -0.154. The van der Waals surface area contributed by atoms with Crippen molar-refractivity contribution >= 4 is 52.6 Å². The predicted molar refractivity (Wildman–Crippen MR) is 184 cm³/mol. The maximum Gasteiger partial charge on any atom is 0.422 e. The lowest BCUT2D eigenvalue weighted by Gasteiger charge is -2.21. The molecule has 2 aliphatic carbocycles. The second kappa shape index (κ2) is 15.4. The summed E-state index contributed by atoms with van der Waals surface area (Å²) in [4.78, 5) is 50.3. The summed E-state index contributed by atoms with van der Waals surface area (Å²) < 4.78 is 56.8. The summed E-state index contributed by atoms with van der Waals surface area (Å²) in [5.74, 6) is -2.74. The second-order valence-electron chi connectivity index (χ2n) is 12.5. The Morgan fingerprint density at radius 1 is 0.846 bits per heavy atom. The molecule has 2 aliphatic rings. The number of hydrogen-bond acceptors (Lipinski definition) is 9. The van der Waals surface area contributed by atoms with Gasteiger partial charge in [0.05, 0.1) is 5.54 Å². The molecule has 1 aromatic heterocycles. The third kappa shape index (κ3) is 9.63. The van der Waals surface area contributed by atoms with Gasteiger partial charge in [0, 0.05) is 34.5 Å². The Kier molecular flexibility index (Phi) is 10.7. The van der Waals surface area contributed by atoms with Gasteiger partial charge in [0.2, 0.25) is 11.9 Å². The molecular weight excluding hydrogens is 708 g/mol. The second-order valence-corrected chi connectivity index (χ2v) is 13.0. The first-order valence-electron chi connectivity index (χ1n) is 16.4. The summed E-state index contributed by atoms with van der Waals surface area (Å²) >= 11 is 6.03. The van der Waals surface area contributed by atoms with Crippen molar-refractivity contribution in [1.29, 1.82) is 0 Å². The number of aromatic nitrogens is 3. The first-order valence-corrected chi connectivity index (χ1v) is 16.7. The highest BCUT2D eigenvalue weighted by Crippen LogP contribution is 2.48. The Labute approximate surface area is 300 Å². The monoisotopic (exact) mass is 740 g/mol. The SMILES string of the molecule is O=C(Nc1ccc(F)cc1)C(=O)NC1CCCC1CNC(=O)c1ccc(Nc2nc(NC3(c4ccc(Cl)cc4)CC3)nc(OCC(F)(F)F)n2)cc1. The lowest BCUT2D eigenvalue weighted by atomic mass is 10.0. The molecule has 0 bridgehead atoms. The molecule has 52 heavy (non-hydrogen) atoms. The number of alkyl halides is 3. The van der Waals surface area contributed by atoms with Gasteiger partial charge in [-0.2, -0.15) is 28.1 Å². The van der Waals surface area contributed by atoms with Gasteiger partial charge in [-0.1, -0.05) is 30.2 Å². The van der Waals surface area contributed by atoms with Crippen LogP contribution in [0.5, 0.6) is 6.01 Å². The summed E-state index contributed by atoms with van der Waals surface area (Å²) in [5, 5.41) is 14.7. The van der Waals surface area contributed by atoms with Crippen molar-refractivity contribution in [3.05, 3.63) is 94.8 Å². The Morgan fingerprint density at radius 2 is 1.52 bits per heavy atom. The van der Waals surface area contributed by atoms with Crippen LogP contribution in [0.25, 0.3) is 0 Å². The van der Waals surface area contributed by atoms with E-state index >= 15 is 0 Å². The fourth-order valence-electron chi connectivity index (χ4n) is 5.86. The third-order valence-corrected chi connectivity index (χ3v) is 8.94. The summed E-state index contributed by atoms with van der Waals surface area (Å²) in [7, 11) is 0. The van der Waals surface area contributed by atoms with E-state index in [9.17, 15) is 31.9 Å². The Hall–Kier alpha value is -5.51. The number of nitrogens with one attached hydrogen (secondary N) is 5. The van der Waals surface area contributed by atoms with E-state index in [0.717, 1.165) is 31.2 Å². The van der Waals surface area contributed by atoms with E-state index in [1.165, 1.54) is 24.3 Å². The Balaban J connectivity index is 1.05. The fraction of sp³-hybridized carbons (Fsp3) is 0.314. The van der Waals surface area contributed by atoms with Crippen molar-refractivity contribution in [1.82, 2.24) is 25.6 Å². The van der Waals surface area contributed by atoms with Crippen LogP contribution in [0.1, 0.15) is 48.0 Å². The smallest absolute Gasteiger partial charge is 0.422 e. The molecule has 3 amide bonds. The van der Waals surface area contributed by atoms with E-state index in [4.69, 9.17) is 16.3 Å². The normalized spacial score (nSPS) is 17.5. The molecule has 17 heteroatoms. The van der Waals surface area contributed by atoms with E-state index in [-0.39, 0.29) is 42.0 Å². The van der Waals surface area contributed by atoms with Crippen LogP contribution in [0.2, 0.25) is 5.02 Å². The van der Waals surface area contributed by atoms with E-state index in [1.807, 2.05) is 12.1 Å². The number of carbonyl (C=O) groups excluding carboxylic acids is 3. The summed E-state index contributed by atoms with van der Waals surface area (Å²) in [6.07, 6.45) is -0.984. The molecule has 5 N–H and O–H groups in total. The van der Waals surface area contributed by atoms with Crippen molar-refractivity contribution in [2.75, 3.05) is 29.1 Å². The Bertz CT molecular complexity index is 1910. The summed E-state index contributed by atoms with van der Waals surface area (Å²) in [6, 6.07) is 17.6. The molecule has 0 radical (unpaired) electrons. The highest BCUT2D eigenvalue weighted by molar-refractivity contribution is 6.39. The molecule has 1 heterocycles. The predicted octanol–water partition coefficient (Wildman–Crippen LogP) is 6.10. The summed E-state index contributed by atoms with van der Waals surface area (Å²) in [6.45, 7) is -1.34. The highest BCUT2D eigenvalue weighted by atomic mass is 35.5. The van der Waals surface area contributed by atoms with Crippen LogP contribution in [0.3, 0.4) is 0 Å². The van der Waals surface area contributed by atoms with Gasteiger partial charge in [0.1, 0.15) is 5.82 Å². The molecule has 12 nitrogen and oxygen atoms in total. The van der Waals surface area contributed by atoms with Crippen LogP contribution >= 0.6 is 11.6 Å². The van der Waals surface area contributed by atoms with Crippen molar-refractivity contribution in [3.8, 4) is 6.01 Å². The number of halogens is 5. The van der Waals surface area contributed by atoms with E-state index in [0.29, 0.717) is 22.7 Å². The number of amides is 3. The molecule has 2 unspecified atom stereocenters. The standard InChI is InChI=1S/C35H33ClF4N8O4/c36-23-8-6-22(7-9-23)34(16-17-34)48-32-45-31(46-33(47-32)52-19-35(38,39)40)43-26-12-4-20(5-13-26)28(49)41-18-21-2-1-3-27(21)44-30(51)29(50)42-25-14-10-24(37)11-15-25/h4-15,21,27H,1-3,16-19H2,(H,41,49)(H,42,50)(H,44,51)(H2,43,45,46,47,48). The topological polar surface area (TPSA) is 159 Å². The summed E-state index contributed by atoms with van der Waals surface area (Å²) in [5.41, 5.74) is 1.44. The van der Waals surface area contributed by atoms with Gasteiger partial charge in [-0.05, 0) is 97.8 Å². The molecule has 0 aliphatic heterocycles. The van der Waals surface area contributed by atoms with Crippen LogP contribution in [-0.2, 0) is 15.1 Å². The molecule has 272 valence electrons. The zero-order chi connectivity index (χ0) is 36.9. The van der Waals surface area contributed by atoms with Gasteiger partial charge < -0.3 is 31.3 Å². The van der Waals surface area contributed by atoms with Crippen molar-refractivity contribution in [2.45, 2.75) is 49.9 Å². The minimum atomic E-state index is -4.61. The average Bonchev–Trinajstić information content (AvgIpc) is 3.76.